The Morgan fingerprint density at radius 1 is 1.44 bits per heavy atom. The molecule has 0 saturated heterocycles. The molecule has 0 saturated carbocycles. The Kier molecular flexibility index (Phi) is 1.68. The minimum Gasteiger partial charge on any atom is -0.618 e. The maximum atomic E-state index is 10.6. The van der Waals surface area contributed by atoms with Gasteiger partial charge in [0.2, 0.25) is 0 Å². The van der Waals surface area contributed by atoms with Crippen molar-refractivity contribution in [3.05, 3.63) is 17.4 Å². The van der Waals surface area contributed by atoms with Crippen molar-refractivity contribution in [3.8, 4) is 0 Å². The molecule has 0 amide bonds. The summed E-state index contributed by atoms with van der Waals surface area (Å²) in [7, 11) is 0. The van der Waals surface area contributed by atoms with Crippen LogP contribution in [0.1, 0.15) is 0 Å². The first-order valence-corrected chi connectivity index (χ1v) is 3.09. The van der Waals surface area contributed by atoms with Gasteiger partial charge in [0, 0.05) is 6.08 Å². The molecule has 46 valence electrons. The van der Waals surface area contributed by atoms with Crippen LogP contribution in [0.25, 0.3) is 0 Å². The summed E-state index contributed by atoms with van der Waals surface area (Å²) in [5.41, 5.74) is 0. The summed E-state index contributed by atoms with van der Waals surface area (Å²) in [5, 5.41) is 10.6. The van der Waals surface area contributed by atoms with Crippen LogP contribution in [0.15, 0.2) is 12.2 Å². The van der Waals surface area contributed by atoms with Crippen molar-refractivity contribution in [2.75, 3.05) is 0 Å². The molecule has 0 aromatic heterocycles. The number of allylic oxidation sites excluding steroid dienone is 1. The van der Waals surface area contributed by atoms with Gasteiger partial charge in [-0.3, -0.25) is 0 Å². The van der Waals surface area contributed by atoms with Gasteiger partial charge >= 0.3 is 4.99 Å². The van der Waals surface area contributed by atoms with Crippen LogP contribution >= 0.6 is 24.4 Å². The predicted molar refractivity (Wildman–Crippen MR) is 44.0 cm³/mol. The van der Waals surface area contributed by atoms with E-state index in [1.165, 1.54) is 6.21 Å². The van der Waals surface area contributed by atoms with Gasteiger partial charge in [-0.2, -0.15) is 4.74 Å². The zero-order chi connectivity index (χ0) is 6.85. The van der Waals surface area contributed by atoms with Crippen molar-refractivity contribution < 1.29 is 4.74 Å². The molecular weight excluding hydrogens is 154 g/mol. The Balaban J connectivity index is 3.00. The minimum absolute atomic E-state index is 0.174. The zero-order valence-corrected chi connectivity index (χ0v) is 6.04. The summed E-state index contributed by atoms with van der Waals surface area (Å²) < 4.78 is 0.581. The van der Waals surface area contributed by atoms with Crippen LogP contribution in [0.4, 0.5) is 0 Å². The second-order valence-corrected chi connectivity index (χ2v) is 2.33. The largest absolute Gasteiger partial charge is 0.618 e. The monoisotopic (exact) mass is 157 g/mol. The van der Waals surface area contributed by atoms with Crippen molar-refractivity contribution in [3.63, 3.8) is 0 Å². The molecule has 0 aromatic carbocycles. The molecule has 0 radical (unpaired) electrons. The molecule has 1 aliphatic heterocycles. The molecule has 0 unspecified atom stereocenters. The van der Waals surface area contributed by atoms with E-state index in [4.69, 9.17) is 12.2 Å². The fourth-order valence-electron chi connectivity index (χ4n) is 0.456. The molecule has 1 heterocycles. The molecule has 4 heteroatoms. The van der Waals surface area contributed by atoms with E-state index in [0.717, 1.165) is 0 Å². The third kappa shape index (κ3) is 1.20. The van der Waals surface area contributed by atoms with Gasteiger partial charge in [-0.1, -0.05) is 12.2 Å². The van der Waals surface area contributed by atoms with Crippen LogP contribution in [0, 0.1) is 5.21 Å². The molecule has 1 rings (SSSR count). The lowest BCUT2D eigenvalue weighted by atomic mass is 10.3. The van der Waals surface area contributed by atoms with Crippen LogP contribution in [0.3, 0.4) is 0 Å². The first-order valence-electron chi connectivity index (χ1n) is 2.28. The lowest BCUT2D eigenvalue weighted by Crippen LogP contribution is -2.22. The first kappa shape index (κ1) is 6.51. The molecule has 0 spiro atoms. The van der Waals surface area contributed by atoms with Gasteiger partial charge in [0.05, 0.1) is 0 Å². The van der Waals surface area contributed by atoms with Gasteiger partial charge in [0.25, 0.3) is 0 Å². The normalized spacial score (nSPS) is 18.0. The summed E-state index contributed by atoms with van der Waals surface area (Å²) in [6.07, 6.45) is 4.54. The summed E-state index contributed by atoms with van der Waals surface area (Å²) in [5.74, 6) is 0. The number of hydrogen-bond acceptors (Lipinski definition) is 3. The summed E-state index contributed by atoms with van der Waals surface area (Å²) in [6, 6.07) is 0. The maximum absolute atomic E-state index is 10.6. The quantitative estimate of drug-likeness (QED) is 0.296. The lowest BCUT2D eigenvalue weighted by molar-refractivity contribution is -0.309. The molecule has 0 aromatic rings. The molecule has 0 bridgehead atoms. The average Bonchev–Trinajstić information content (AvgIpc) is 1.83. The first-order chi connectivity index (χ1) is 4.22. The Bertz CT molecular complexity index is 229. The fourth-order valence-corrected chi connectivity index (χ4v) is 0.754. The number of rotatable bonds is 0. The molecule has 0 fully saturated rings. The van der Waals surface area contributed by atoms with Gasteiger partial charge in [-0.15, -0.1) is 0 Å². The average molecular weight is 157 g/mol. The Morgan fingerprint density at radius 3 is 2.56 bits per heavy atom. The van der Waals surface area contributed by atoms with Crippen LogP contribution in [-0.4, -0.2) is 20.8 Å². The second kappa shape index (κ2) is 2.33. The lowest BCUT2D eigenvalue weighted by Gasteiger charge is -2.03. The Labute approximate surface area is 63.1 Å². The molecular formula is C5H3NOS2. The van der Waals surface area contributed by atoms with Crippen molar-refractivity contribution in [1.82, 2.24) is 0 Å². The topological polar surface area (TPSA) is 26.1 Å². The predicted octanol–water partition coefficient (Wildman–Crippen LogP) is 0.835. The van der Waals surface area contributed by atoms with Crippen molar-refractivity contribution in [1.29, 1.82) is 0 Å². The van der Waals surface area contributed by atoms with Gasteiger partial charge in [-0.25, -0.2) is 0 Å². The molecule has 2 nitrogen and oxygen atoms in total. The zero-order valence-electron chi connectivity index (χ0n) is 4.40. The smallest absolute Gasteiger partial charge is 0.301 e. The van der Waals surface area contributed by atoms with E-state index in [2.05, 4.69) is 12.2 Å². The Hall–Kier alpha value is -0.610. The van der Waals surface area contributed by atoms with Crippen molar-refractivity contribution in [2.45, 2.75) is 0 Å². The summed E-state index contributed by atoms with van der Waals surface area (Å²) in [4.78, 5) is 0.606. The number of hydrogen-bond donors (Lipinski definition) is 0. The third-order valence-corrected chi connectivity index (χ3v) is 1.74. The minimum atomic E-state index is 0.174. The van der Waals surface area contributed by atoms with Crippen molar-refractivity contribution >= 4 is 40.5 Å². The SMILES string of the molecule is [O-][N+]1=CC=CC(=S)C1=S. The molecule has 9 heavy (non-hydrogen) atoms. The van der Waals surface area contributed by atoms with Gasteiger partial charge in [-0.05, 0) is 18.3 Å². The van der Waals surface area contributed by atoms with Crippen LogP contribution in [0.2, 0.25) is 0 Å². The number of thiocarbonyl (C=S) groups is 2. The highest BCUT2D eigenvalue weighted by Crippen LogP contribution is 1.93. The van der Waals surface area contributed by atoms with Gasteiger partial charge in [0.15, 0.2) is 6.21 Å². The van der Waals surface area contributed by atoms with Crippen LogP contribution in [0.5, 0.6) is 0 Å². The van der Waals surface area contributed by atoms with Crippen LogP contribution < -0.4 is 0 Å². The number of hydroxylamine groups is 1. The highest BCUT2D eigenvalue weighted by atomic mass is 32.1. The van der Waals surface area contributed by atoms with E-state index in [1.54, 1.807) is 12.2 Å². The number of nitrogens with zero attached hydrogens (tertiary/aromatic N) is 1. The van der Waals surface area contributed by atoms with E-state index in [-0.39, 0.29) is 4.99 Å². The fraction of sp³-hybridized carbons (Fsp3) is 0. The molecule has 0 aliphatic carbocycles. The van der Waals surface area contributed by atoms with E-state index in [1.807, 2.05) is 0 Å². The summed E-state index contributed by atoms with van der Waals surface area (Å²) >= 11 is 9.36. The van der Waals surface area contributed by atoms with Gasteiger partial charge in [0.1, 0.15) is 4.86 Å². The standard InChI is InChI=1S/C5H3NOS2/c7-6-3-1-2-4(8)5(6)9/h1-3H. The van der Waals surface area contributed by atoms with Crippen LogP contribution in [-0.2, 0) is 0 Å². The highest BCUT2D eigenvalue weighted by molar-refractivity contribution is 7.89. The van der Waals surface area contributed by atoms with E-state index in [0.29, 0.717) is 9.60 Å². The molecule has 0 N–H and O–H groups in total. The van der Waals surface area contributed by atoms with Gasteiger partial charge < -0.3 is 5.21 Å². The third-order valence-electron chi connectivity index (χ3n) is 0.880. The highest BCUT2D eigenvalue weighted by Gasteiger charge is 2.12. The summed E-state index contributed by atoms with van der Waals surface area (Å²) in [6.45, 7) is 0. The van der Waals surface area contributed by atoms with Crippen molar-refractivity contribution in [2.24, 2.45) is 0 Å². The molecule has 0 atom stereocenters. The molecule has 1 aliphatic rings. The van der Waals surface area contributed by atoms with E-state index < -0.39 is 0 Å². The Morgan fingerprint density at radius 2 is 2.11 bits per heavy atom. The van der Waals surface area contributed by atoms with E-state index in [9.17, 15) is 5.21 Å². The maximum Gasteiger partial charge on any atom is 0.301 e. The second-order valence-electron chi connectivity index (χ2n) is 1.50. The van der Waals surface area contributed by atoms with E-state index >= 15 is 0 Å².